The molecule has 0 heterocycles. The maximum atomic E-state index is 12.8. The van der Waals surface area contributed by atoms with Crippen molar-refractivity contribution in [2.45, 2.75) is 17.1 Å². The topological polar surface area (TPSA) is 63.7 Å². The summed E-state index contributed by atoms with van der Waals surface area (Å²) in [6, 6.07) is 22.2. The summed E-state index contributed by atoms with van der Waals surface area (Å²) in [5, 5.41) is 0.650. The Balaban J connectivity index is 1.55. The van der Waals surface area contributed by atoms with Gasteiger partial charge in [-0.1, -0.05) is 41.9 Å². The van der Waals surface area contributed by atoms with Gasteiger partial charge in [0.05, 0.1) is 17.3 Å². The number of rotatable bonds is 9. The lowest BCUT2D eigenvalue weighted by atomic mass is 10.1. The molecule has 0 saturated carbocycles. The maximum absolute atomic E-state index is 12.8. The third-order valence-electron chi connectivity index (χ3n) is 4.70. The molecule has 162 valence electrons. The van der Waals surface area contributed by atoms with Gasteiger partial charge in [-0.25, -0.2) is 8.42 Å². The second-order valence-corrected chi connectivity index (χ2v) is 9.58. The molecule has 0 unspecified atom stereocenters. The van der Waals surface area contributed by atoms with Gasteiger partial charge in [-0.3, -0.25) is 4.79 Å². The van der Waals surface area contributed by atoms with E-state index in [4.69, 9.17) is 16.3 Å². The smallest absolute Gasteiger partial charge is 0.253 e. The van der Waals surface area contributed by atoms with E-state index >= 15 is 0 Å². The number of hydrogen-bond acceptors (Lipinski definition) is 4. The summed E-state index contributed by atoms with van der Waals surface area (Å²) in [7, 11) is -1.75. The molecule has 0 radical (unpaired) electrons. The Kier molecular flexibility index (Phi) is 7.71. The van der Waals surface area contributed by atoms with Crippen molar-refractivity contribution in [2.24, 2.45) is 0 Å². The van der Waals surface area contributed by atoms with E-state index in [1.807, 2.05) is 0 Å². The van der Waals surface area contributed by atoms with Gasteiger partial charge in [0.1, 0.15) is 5.75 Å². The molecule has 31 heavy (non-hydrogen) atoms. The highest BCUT2D eigenvalue weighted by Gasteiger charge is 2.17. The van der Waals surface area contributed by atoms with E-state index in [1.54, 1.807) is 90.8 Å². The van der Waals surface area contributed by atoms with Crippen LogP contribution in [0.15, 0.2) is 83.8 Å². The van der Waals surface area contributed by atoms with E-state index in [0.717, 1.165) is 5.75 Å². The molecule has 3 aromatic rings. The molecule has 0 aliphatic rings. The summed E-state index contributed by atoms with van der Waals surface area (Å²) in [5.41, 5.74) is 1.04. The molecule has 0 aliphatic carbocycles. The highest BCUT2D eigenvalue weighted by molar-refractivity contribution is 7.90. The van der Waals surface area contributed by atoms with Crippen molar-refractivity contribution in [1.29, 1.82) is 0 Å². The number of nitrogens with zero attached hydrogens (tertiary/aromatic N) is 1. The van der Waals surface area contributed by atoms with E-state index in [9.17, 15) is 13.2 Å². The zero-order valence-corrected chi connectivity index (χ0v) is 18.8. The molecule has 0 N–H and O–H groups in total. The van der Waals surface area contributed by atoms with Crippen LogP contribution in [0.25, 0.3) is 0 Å². The third kappa shape index (κ3) is 6.57. The van der Waals surface area contributed by atoms with Crippen molar-refractivity contribution in [3.8, 4) is 5.75 Å². The average molecular weight is 458 g/mol. The molecular weight excluding hydrogens is 434 g/mol. The predicted molar refractivity (Wildman–Crippen MR) is 122 cm³/mol. The van der Waals surface area contributed by atoms with E-state index < -0.39 is 9.84 Å². The number of hydrogen-bond donors (Lipinski definition) is 0. The number of halogens is 1. The van der Waals surface area contributed by atoms with E-state index in [-0.39, 0.29) is 16.6 Å². The normalized spacial score (nSPS) is 11.2. The SMILES string of the molecule is CN(CCCOc1ccc(Cl)cc1)C(=O)c1cccc(CS(=O)(=O)c2ccccc2)c1. The van der Waals surface area contributed by atoms with Crippen LogP contribution in [0.4, 0.5) is 0 Å². The predicted octanol–water partition coefficient (Wildman–Crippen LogP) is 4.86. The minimum atomic E-state index is -3.47. The van der Waals surface area contributed by atoms with Crippen LogP contribution in [0.2, 0.25) is 5.02 Å². The highest BCUT2D eigenvalue weighted by atomic mass is 35.5. The minimum absolute atomic E-state index is 0.156. The van der Waals surface area contributed by atoms with Gasteiger partial charge in [-0.15, -0.1) is 0 Å². The molecule has 3 aromatic carbocycles. The van der Waals surface area contributed by atoms with Crippen molar-refractivity contribution in [3.63, 3.8) is 0 Å². The fraction of sp³-hybridized carbons (Fsp3) is 0.208. The summed E-state index contributed by atoms with van der Waals surface area (Å²) in [6.07, 6.45) is 0.660. The van der Waals surface area contributed by atoms with Gasteiger partial charge in [0.15, 0.2) is 9.84 Å². The monoisotopic (exact) mass is 457 g/mol. The van der Waals surface area contributed by atoms with Gasteiger partial charge in [0, 0.05) is 24.2 Å². The van der Waals surface area contributed by atoms with Crippen LogP contribution in [0.1, 0.15) is 22.3 Å². The molecule has 0 fully saturated rings. The van der Waals surface area contributed by atoms with Crippen LogP contribution in [-0.2, 0) is 15.6 Å². The Bertz CT molecular complexity index is 1120. The number of sulfone groups is 1. The molecule has 0 spiro atoms. The van der Waals surface area contributed by atoms with Crippen LogP contribution >= 0.6 is 11.6 Å². The lowest BCUT2D eigenvalue weighted by Crippen LogP contribution is -2.28. The summed E-state index contributed by atoms with van der Waals surface area (Å²) in [4.78, 5) is 14.6. The van der Waals surface area contributed by atoms with Crippen LogP contribution < -0.4 is 4.74 Å². The number of carbonyl (C=O) groups is 1. The Hall–Kier alpha value is -2.83. The molecule has 0 aromatic heterocycles. The lowest BCUT2D eigenvalue weighted by Gasteiger charge is -2.18. The number of benzene rings is 3. The lowest BCUT2D eigenvalue weighted by molar-refractivity contribution is 0.0787. The Morgan fingerprint density at radius 2 is 1.68 bits per heavy atom. The number of carbonyl (C=O) groups excluding carboxylic acids is 1. The summed E-state index contributed by atoms with van der Waals surface area (Å²) in [6.45, 7) is 0.980. The fourth-order valence-electron chi connectivity index (χ4n) is 3.07. The van der Waals surface area contributed by atoms with Gasteiger partial charge < -0.3 is 9.64 Å². The molecule has 0 aliphatic heterocycles. The fourth-order valence-corrected chi connectivity index (χ4v) is 4.55. The minimum Gasteiger partial charge on any atom is -0.494 e. The van der Waals surface area contributed by atoms with Crippen LogP contribution in [-0.4, -0.2) is 39.4 Å². The first-order valence-electron chi connectivity index (χ1n) is 9.86. The first-order chi connectivity index (χ1) is 14.8. The largest absolute Gasteiger partial charge is 0.494 e. The quantitative estimate of drug-likeness (QED) is 0.430. The number of ether oxygens (including phenoxy) is 1. The first-order valence-corrected chi connectivity index (χ1v) is 11.9. The zero-order valence-electron chi connectivity index (χ0n) is 17.2. The Labute approximate surface area is 188 Å². The molecule has 1 amide bonds. The summed E-state index contributed by atoms with van der Waals surface area (Å²) < 4.78 is 30.9. The zero-order chi connectivity index (χ0) is 22.3. The second kappa shape index (κ2) is 10.5. The van der Waals surface area contributed by atoms with Crippen molar-refractivity contribution in [1.82, 2.24) is 4.90 Å². The van der Waals surface area contributed by atoms with Crippen molar-refractivity contribution >= 4 is 27.3 Å². The molecular formula is C24H24ClNO4S. The van der Waals surface area contributed by atoms with Gasteiger partial charge in [-0.05, 0) is 60.5 Å². The van der Waals surface area contributed by atoms with Crippen LogP contribution in [0.5, 0.6) is 5.75 Å². The van der Waals surface area contributed by atoms with Gasteiger partial charge in [0.2, 0.25) is 0 Å². The molecule has 3 rings (SSSR count). The van der Waals surface area contributed by atoms with Crippen LogP contribution in [0.3, 0.4) is 0 Å². The molecule has 7 heteroatoms. The van der Waals surface area contributed by atoms with E-state index in [2.05, 4.69) is 0 Å². The first kappa shape index (κ1) is 22.8. The summed E-state index contributed by atoms with van der Waals surface area (Å²) >= 11 is 5.85. The molecule has 0 atom stereocenters. The van der Waals surface area contributed by atoms with Gasteiger partial charge in [0.25, 0.3) is 5.91 Å². The Morgan fingerprint density at radius 3 is 2.39 bits per heavy atom. The molecule has 5 nitrogen and oxygen atoms in total. The van der Waals surface area contributed by atoms with Crippen molar-refractivity contribution < 1.29 is 17.9 Å². The van der Waals surface area contributed by atoms with Crippen molar-refractivity contribution in [2.75, 3.05) is 20.2 Å². The van der Waals surface area contributed by atoms with E-state index in [0.29, 0.717) is 35.7 Å². The summed E-state index contributed by atoms with van der Waals surface area (Å²) in [5.74, 6) is 0.410. The molecule has 0 bridgehead atoms. The van der Waals surface area contributed by atoms with Crippen molar-refractivity contribution in [3.05, 3.63) is 95.0 Å². The molecule has 0 saturated heterocycles. The Morgan fingerprint density at radius 1 is 0.968 bits per heavy atom. The third-order valence-corrected chi connectivity index (χ3v) is 6.66. The van der Waals surface area contributed by atoms with Gasteiger partial charge >= 0.3 is 0 Å². The average Bonchev–Trinajstić information content (AvgIpc) is 2.78. The second-order valence-electron chi connectivity index (χ2n) is 7.16. The maximum Gasteiger partial charge on any atom is 0.253 e. The standard InChI is InChI=1S/C24H24ClNO4S/c1-26(15-6-16-30-22-13-11-21(25)12-14-22)24(27)20-8-5-7-19(17-20)18-31(28,29)23-9-3-2-4-10-23/h2-5,7-14,17H,6,15-16,18H2,1H3. The number of amides is 1. The highest BCUT2D eigenvalue weighted by Crippen LogP contribution is 2.18. The van der Waals surface area contributed by atoms with E-state index in [1.165, 1.54) is 0 Å². The van der Waals surface area contributed by atoms with Gasteiger partial charge in [-0.2, -0.15) is 0 Å². The van der Waals surface area contributed by atoms with Crippen LogP contribution in [0, 0.1) is 0 Å².